The predicted molar refractivity (Wildman–Crippen MR) is 47.4 cm³/mol. The van der Waals surface area contributed by atoms with Gasteiger partial charge < -0.3 is 15.9 Å². The van der Waals surface area contributed by atoms with Gasteiger partial charge in [0.05, 0.1) is 0 Å². The molecule has 0 aliphatic heterocycles. The molecule has 1 rings (SSSR count). The van der Waals surface area contributed by atoms with E-state index in [9.17, 15) is 9.18 Å². The minimum absolute atomic E-state index is 0.132. The summed E-state index contributed by atoms with van der Waals surface area (Å²) < 4.78 is 13.1. The number of hydrogen-bond donors (Lipinski definition) is 3. The number of hydrogen-bond acceptors (Lipinski definition) is 3. The Labute approximate surface area is 79.8 Å². The molecule has 1 aromatic rings. The van der Waals surface area contributed by atoms with Crippen molar-refractivity contribution in [2.45, 2.75) is 13.0 Å². The molecule has 0 radical (unpaired) electrons. The van der Waals surface area contributed by atoms with Crippen molar-refractivity contribution in [2.75, 3.05) is 0 Å². The van der Waals surface area contributed by atoms with Gasteiger partial charge in [0, 0.05) is 11.6 Å². The van der Waals surface area contributed by atoms with Gasteiger partial charge in [0.25, 0.3) is 0 Å². The summed E-state index contributed by atoms with van der Waals surface area (Å²) in [7, 11) is 0. The number of benzene rings is 1. The summed E-state index contributed by atoms with van der Waals surface area (Å²) in [5, 5.41) is 17.7. The van der Waals surface area contributed by atoms with E-state index in [0.29, 0.717) is 5.56 Å². The SMILES string of the molecule is Cc1cc(C(N)C(=O)O)c(F)cc1O. The zero-order valence-electron chi connectivity index (χ0n) is 7.49. The van der Waals surface area contributed by atoms with Crippen molar-refractivity contribution in [3.8, 4) is 5.75 Å². The maximum atomic E-state index is 13.1. The van der Waals surface area contributed by atoms with Gasteiger partial charge in [-0.25, -0.2) is 4.39 Å². The van der Waals surface area contributed by atoms with Crippen LogP contribution in [0.5, 0.6) is 5.75 Å². The highest BCUT2D eigenvalue weighted by Gasteiger charge is 2.19. The largest absolute Gasteiger partial charge is 0.508 e. The molecular weight excluding hydrogens is 189 g/mol. The molecule has 76 valence electrons. The molecule has 0 fully saturated rings. The molecule has 4 N–H and O–H groups in total. The Kier molecular flexibility index (Phi) is 2.71. The number of rotatable bonds is 2. The van der Waals surface area contributed by atoms with Crippen LogP contribution in [0.2, 0.25) is 0 Å². The minimum atomic E-state index is -1.41. The molecule has 0 aliphatic rings. The molecule has 0 heterocycles. The van der Waals surface area contributed by atoms with Crippen LogP contribution in [-0.2, 0) is 4.79 Å². The lowest BCUT2D eigenvalue weighted by Crippen LogP contribution is -2.21. The van der Waals surface area contributed by atoms with Gasteiger partial charge in [-0.2, -0.15) is 0 Å². The van der Waals surface area contributed by atoms with Crippen LogP contribution in [0.25, 0.3) is 0 Å². The highest BCUT2D eigenvalue weighted by Crippen LogP contribution is 2.24. The maximum Gasteiger partial charge on any atom is 0.325 e. The summed E-state index contributed by atoms with van der Waals surface area (Å²) in [6.45, 7) is 1.53. The monoisotopic (exact) mass is 199 g/mol. The summed E-state index contributed by atoms with van der Waals surface area (Å²) in [5.74, 6) is -2.35. The quantitative estimate of drug-likeness (QED) is 0.661. The first-order valence-corrected chi connectivity index (χ1v) is 3.91. The second-order valence-electron chi connectivity index (χ2n) is 2.98. The molecule has 0 aromatic heterocycles. The molecule has 4 nitrogen and oxygen atoms in total. The number of carboxylic acids is 1. The van der Waals surface area contributed by atoms with Crippen LogP contribution in [0.3, 0.4) is 0 Å². The van der Waals surface area contributed by atoms with Gasteiger partial charge in [0.1, 0.15) is 17.6 Å². The molecule has 0 saturated heterocycles. The van der Waals surface area contributed by atoms with E-state index < -0.39 is 17.8 Å². The standard InChI is InChI=1S/C9H10FNO3/c1-4-2-5(8(11)9(13)14)6(10)3-7(4)12/h2-3,8,12H,11H2,1H3,(H,13,14). The molecule has 0 saturated carbocycles. The average molecular weight is 199 g/mol. The Morgan fingerprint density at radius 1 is 1.57 bits per heavy atom. The Morgan fingerprint density at radius 2 is 2.14 bits per heavy atom. The Balaban J connectivity index is 3.22. The van der Waals surface area contributed by atoms with Crippen molar-refractivity contribution < 1.29 is 19.4 Å². The smallest absolute Gasteiger partial charge is 0.325 e. The topological polar surface area (TPSA) is 83.6 Å². The number of aromatic hydroxyl groups is 1. The Bertz CT molecular complexity index is 379. The first kappa shape index (κ1) is 10.5. The second kappa shape index (κ2) is 3.63. The van der Waals surface area contributed by atoms with Crippen LogP contribution in [0.4, 0.5) is 4.39 Å². The molecule has 1 atom stereocenters. The number of phenolic OH excluding ortho intramolecular Hbond substituents is 1. The Hall–Kier alpha value is -1.62. The van der Waals surface area contributed by atoms with E-state index >= 15 is 0 Å². The fourth-order valence-corrected chi connectivity index (χ4v) is 1.06. The molecule has 14 heavy (non-hydrogen) atoms. The summed E-state index contributed by atoms with van der Waals surface area (Å²) >= 11 is 0. The molecule has 0 amide bonds. The number of nitrogens with two attached hydrogens (primary N) is 1. The van der Waals surface area contributed by atoms with E-state index in [1.165, 1.54) is 13.0 Å². The molecule has 5 heteroatoms. The van der Waals surface area contributed by atoms with Crippen molar-refractivity contribution in [2.24, 2.45) is 5.73 Å². The van der Waals surface area contributed by atoms with E-state index in [-0.39, 0.29) is 11.3 Å². The first-order chi connectivity index (χ1) is 6.43. The lowest BCUT2D eigenvalue weighted by atomic mass is 10.0. The van der Waals surface area contributed by atoms with Crippen LogP contribution in [0.15, 0.2) is 12.1 Å². The van der Waals surface area contributed by atoms with Crippen molar-refractivity contribution in [1.82, 2.24) is 0 Å². The zero-order valence-corrected chi connectivity index (χ0v) is 7.49. The summed E-state index contributed by atoms with van der Waals surface area (Å²) in [6.07, 6.45) is 0. The van der Waals surface area contributed by atoms with Crippen LogP contribution >= 0.6 is 0 Å². The number of halogens is 1. The number of aryl methyl sites for hydroxylation is 1. The Morgan fingerprint density at radius 3 is 2.64 bits per heavy atom. The van der Waals surface area contributed by atoms with E-state index in [1.807, 2.05) is 0 Å². The van der Waals surface area contributed by atoms with Crippen LogP contribution in [-0.4, -0.2) is 16.2 Å². The van der Waals surface area contributed by atoms with Gasteiger partial charge in [-0.15, -0.1) is 0 Å². The van der Waals surface area contributed by atoms with Gasteiger partial charge >= 0.3 is 5.97 Å². The molecule has 1 unspecified atom stereocenters. The lowest BCUT2D eigenvalue weighted by Gasteiger charge is -2.09. The van der Waals surface area contributed by atoms with Gasteiger partial charge in [-0.3, -0.25) is 4.79 Å². The summed E-state index contributed by atoms with van der Waals surface area (Å²) in [4.78, 5) is 10.5. The minimum Gasteiger partial charge on any atom is -0.508 e. The van der Waals surface area contributed by atoms with Gasteiger partial charge in [0.2, 0.25) is 0 Å². The average Bonchev–Trinajstić information content (AvgIpc) is 2.10. The number of aliphatic carboxylic acids is 1. The van der Waals surface area contributed by atoms with Crippen molar-refractivity contribution in [1.29, 1.82) is 0 Å². The normalized spacial score (nSPS) is 12.5. The number of phenols is 1. The molecule has 1 aromatic carbocycles. The highest BCUT2D eigenvalue weighted by molar-refractivity contribution is 5.75. The van der Waals surface area contributed by atoms with Gasteiger partial charge in [-0.05, 0) is 18.6 Å². The summed E-state index contributed by atoms with van der Waals surface area (Å²) in [6, 6.07) is 0.672. The lowest BCUT2D eigenvalue weighted by molar-refractivity contribution is -0.138. The number of carboxylic acid groups (broad SMARTS) is 1. The van der Waals surface area contributed by atoms with Crippen molar-refractivity contribution >= 4 is 5.97 Å². The maximum absolute atomic E-state index is 13.1. The van der Waals surface area contributed by atoms with E-state index in [0.717, 1.165) is 6.07 Å². The van der Waals surface area contributed by atoms with E-state index in [1.54, 1.807) is 0 Å². The highest BCUT2D eigenvalue weighted by atomic mass is 19.1. The number of carbonyl (C=O) groups is 1. The van der Waals surface area contributed by atoms with Gasteiger partial charge in [0.15, 0.2) is 0 Å². The molecular formula is C9H10FNO3. The van der Waals surface area contributed by atoms with E-state index in [2.05, 4.69) is 0 Å². The fraction of sp³-hybridized carbons (Fsp3) is 0.222. The van der Waals surface area contributed by atoms with Crippen molar-refractivity contribution in [3.05, 3.63) is 29.1 Å². The fourth-order valence-electron chi connectivity index (χ4n) is 1.06. The third kappa shape index (κ3) is 1.82. The zero-order chi connectivity index (χ0) is 10.9. The van der Waals surface area contributed by atoms with Gasteiger partial charge in [-0.1, -0.05) is 0 Å². The predicted octanol–water partition coefficient (Wildman–Crippen LogP) is 0.924. The van der Waals surface area contributed by atoms with Crippen LogP contribution in [0.1, 0.15) is 17.2 Å². The molecule has 0 bridgehead atoms. The third-order valence-electron chi connectivity index (χ3n) is 1.92. The molecule has 0 spiro atoms. The summed E-state index contributed by atoms with van der Waals surface area (Å²) in [5.41, 5.74) is 5.49. The second-order valence-corrected chi connectivity index (χ2v) is 2.98. The molecule has 0 aliphatic carbocycles. The van der Waals surface area contributed by atoms with Crippen molar-refractivity contribution in [3.63, 3.8) is 0 Å². The van der Waals surface area contributed by atoms with Crippen LogP contribution in [0, 0.1) is 12.7 Å². The van der Waals surface area contributed by atoms with E-state index in [4.69, 9.17) is 15.9 Å². The van der Waals surface area contributed by atoms with Crippen LogP contribution < -0.4 is 5.73 Å². The first-order valence-electron chi connectivity index (χ1n) is 3.91. The third-order valence-corrected chi connectivity index (χ3v) is 1.92.